The van der Waals surface area contributed by atoms with E-state index in [9.17, 15) is 8.42 Å². The molecule has 1 aliphatic rings. The highest BCUT2D eigenvalue weighted by Gasteiger charge is 2.24. The Kier molecular flexibility index (Phi) is 7.43. The molecule has 0 bridgehead atoms. The van der Waals surface area contributed by atoms with Gasteiger partial charge in [-0.25, -0.2) is 13.1 Å². The summed E-state index contributed by atoms with van der Waals surface area (Å²) in [4.78, 5) is 3.55. The van der Waals surface area contributed by atoms with Crippen molar-refractivity contribution in [2.45, 2.75) is 34.4 Å². The molecule has 1 fully saturated rings. The van der Waals surface area contributed by atoms with Crippen molar-refractivity contribution in [1.29, 1.82) is 0 Å². The summed E-state index contributed by atoms with van der Waals surface area (Å²) in [5.74, 6) is 1.04. The fraction of sp³-hybridized carbons (Fsp3) is 0.444. The van der Waals surface area contributed by atoms with Crippen LogP contribution in [0.25, 0.3) is 0 Å². The lowest BCUT2D eigenvalue weighted by atomic mass is 10.1. The number of hydrogen-bond acceptors (Lipinski definition) is 5. The highest BCUT2D eigenvalue weighted by molar-refractivity contribution is 7.99. The molecule has 3 rings (SSSR count). The molecule has 1 aromatic carbocycles. The number of thiophene rings is 1. The van der Waals surface area contributed by atoms with Gasteiger partial charge in [-0.2, -0.15) is 0 Å². The average molecular weight is 431 g/mol. The minimum absolute atomic E-state index is 0.0378. The van der Waals surface area contributed by atoms with Crippen molar-refractivity contribution in [1.82, 2.24) is 9.62 Å². The predicted octanol–water partition coefficient (Wildman–Crippen LogP) is 4.33. The maximum Gasteiger partial charge on any atom is 0.250 e. The van der Waals surface area contributed by atoms with E-state index in [-0.39, 0.29) is 6.04 Å². The molecule has 0 unspecified atom stereocenters. The minimum Gasteiger partial charge on any atom is -0.303 e. The molecule has 142 valence electrons. The molecule has 0 radical (unpaired) electrons. The molecule has 2 aromatic rings. The van der Waals surface area contributed by atoms with Gasteiger partial charge >= 0.3 is 0 Å². The standard InChI is InChI=1S/C18H23ClN2O2S3/c19-16-5-1-2-6-17(16)24-14-4-10-21-11-8-15(9-12-21)20-26(22,23)18-7-3-13-25-18/h1-3,5-7,13,15,20H,4,8-12,14H2. The van der Waals surface area contributed by atoms with Crippen molar-refractivity contribution in [3.8, 4) is 0 Å². The van der Waals surface area contributed by atoms with Crippen LogP contribution in [0.4, 0.5) is 0 Å². The summed E-state index contributed by atoms with van der Waals surface area (Å²) >= 11 is 9.22. The van der Waals surface area contributed by atoms with Crippen LogP contribution in [0, 0.1) is 0 Å². The Morgan fingerprint density at radius 2 is 1.96 bits per heavy atom. The normalized spacial score (nSPS) is 16.8. The quantitative estimate of drug-likeness (QED) is 0.500. The molecule has 1 N–H and O–H groups in total. The van der Waals surface area contributed by atoms with Gasteiger partial charge in [0.15, 0.2) is 0 Å². The third kappa shape index (κ3) is 5.71. The monoisotopic (exact) mass is 430 g/mol. The van der Waals surface area contributed by atoms with Gasteiger partial charge in [0, 0.05) is 10.9 Å². The number of benzene rings is 1. The third-order valence-electron chi connectivity index (χ3n) is 4.38. The number of sulfonamides is 1. The van der Waals surface area contributed by atoms with E-state index in [0.717, 1.165) is 54.6 Å². The van der Waals surface area contributed by atoms with Crippen LogP contribution in [0.2, 0.25) is 5.02 Å². The van der Waals surface area contributed by atoms with Crippen molar-refractivity contribution in [3.05, 3.63) is 46.8 Å². The zero-order chi connectivity index (χ0) is 18.4. The van der Waals surface area contributed by atoms with Crippen molar-refractivity contribution in [2.75, 3.05) is 25.4 Å². The SMILES string of the molecule is O=S(=O)(NC1CCN(CCCSc2ccccc2Cl)CC1)c1cccs1. The summed E-state index contributed by atoms with van der Waals surface area (Å²) in [5, 5.41) is 2.61. The number of rotatable bonds is 8. The van der Waals surface area contributed by atoms with Gasteiger partial charge in [0.25, 0.3) is 0 Å². The molecule has 1 aromatic heterocycles. The third-order valence-corrected chi connectivity index (χ3v) is 8.90. The maximum atomic E-state index is 12.3. The first-order chi connectivity index (χ1) is 12.5. The Labute approximate surface area is 169 Å². The fourth-order valence-electron chi connectivity index (χ4n) is 3.00. The molecule has 4 nitrogen and oxygen atoms in total. The van der Waals surface area contributed by atoms with Crippen LogP contribution < -0.4 is 4.72 Å². The van der Waals surface area contributed by atoms with E-state index < -0.39 is 10.0 Å². The molecule has 8 heteroatoms. The van der Waals surface area contributed by atoms with Gasteiger partial charge in [-0.05, 0) is 68.2 Å². The molecular formula is C18H23ClN2O2S3. The number of nitrogens with one attached hydrogen (secondary N) is 1. The first-order valence-electron chi connectivity index (χ1n) is 8.70. The number of piperidine rings is 1. The first-order valence-corrected chi connectivity index (χ1v) is 12.4. The van der Waals surface area contributed by atoms with Gasteiger partial charge in [-0.15, -0.1) is 23.1 Å². The van der Waals surface area contributed by atoms with Gasteiger partial charge < -0.3 is 4.90 Å². The fourth-order valence-corrected chi connectivity index (χ4v) is 6.49. The smallest absolute Gasteiger partial charge is 0.250 e. The number of likely N-dealkylation sites (tertiary alicyclic amines) is 1. The predicted molar refractivity (Wildman–Crippen MR) is 111 cm³/mol. The Balaban J connectivity index is 1.36. The summed E-state index contributed by atoms with van der Waals surface area (Å²) in [5.41, 5.74) is 0. The molecule has 0 aliphatic carbocycles. The Bertz CT molecular complexity index is 789. The van der Waals surface area contributed by atoms with Gasteiger partial charge in [0.2, 0.25) is 10.0 Å². The van der Waals surface area contributed by atoms with Crippen molar-refractivity contribution in [2.24, 2.45) is 0 Å². The largest absolute Gasteiger partial charge is 0.303 e. The molecule has 0 atom stereocenters. The minimum atomic E-state index is -3.36. The molecule has 0 amide bonds. The second-order valence-electron chi connectivity index (χ2n) is 6.30. The van der Waals surface area contributed by atoms with Crippen LogP contribution in [-0.4, -0.2) is 44.7 Å². The van der Waals surface area contributed by atoms with Crippen molar-refractivity contribution >= 4 is 44.7 Å². The van der Waals surface area contributed by atoms with E-state index in [1.807, 2.05) is 18.2 Å². The molecule has 1 saturated heterocycles. The van der Waals surface area contributed by atoms with E-state index in [4.69, 9.17) is 11.6 Å². The summed E-state index contributed by atoms with van der Waals surface area (Å²) in [6.45, 7) is 2.92. The summed E-state index contributed by atoms with van der Waals surface area (Å²) in [7, 11) is -3.36. The topological polar surface area (TPSA) is 49.4 Å². The number of thioether (sulfide) groups is 1. The molecule has 0 saturated carbocycles. The highest BCUT2D eigenvalue weighted by atomic mass is 35.5. The van der Waals surface area contributed by atoms with E-state index in [2.05, 4.69) is 15.7 Å². The van der Waals surface area contributed by atoms with Gasteiger partial charge in [0.05, 0.1) is 5.02 Å². The Hall–Kier alpha value is -0.570. The van der Waals surface area contributed by atoms with Gasteiger partial charge in [-0.3, -0.25) is 0 Å². The molecule has 1 aliphatic heterocycles. The molecule has 26 heavy (non-hydrogen) atoms. The maximum absolute atomic E-state index is 12.3. The van der Waals surface area contributed by atoms with E-state index in [1.54, 1.807) is 29.3 Å². The van der Waals surface area contributed by atoms with Crippen molar-refractivity contribution < 1.29 is 8.42 Å². The second-order valence-corrected chi connectivity index (χ2v) is 10.7. The Morgan fingerprint density at radius 3 is 2.65 bits per heavy atom. The number of nitrogens with zero attached hydrogens (tertiary/aromatic N) is 1. The second kappa shape index (κ2) is 9.57. The summed E-state index contributed by atoms with van der Waals surface area (Å²) in [6.07, 6.45) is 2.83. The van der Waals surface area contributed by atoms with Crippen LogP contribution in [0.5, 0.6) is 0 Å². The molecular weight excluding hydrogens is 408 g/mol. The van der Waals surface area contributed by atoms with E-state index >= 15 is 0 Å². The lowest BCUT2D eigenvalue weighted by molar-refractivity contribution is 0.208. The molecule has 2 heterocycles. The summed E-state index contributed by atoms with van der Waals surface area (Å²) in [6, 6.07) is 11.4. The lowest BCUT2D eigenvalue weighted by Crippen LogP contribution is -2.44. The van der Waals surface area contributed by atoms with Gasteiger partial charge in [-0.1, -0.05) is 29.8 Å². The zero-order valence-electron chi connectivity index (χ0n) is 14.4. The highest BCUT2D eigenvalue weighted by Crippen LogP contribution is 2.27. The number of halogens is 1. The van der Waals surface area contributed by atoms with Crippen LogP contribution in [0.3, 0.4) is 0 Å². The van der Waals surface area contributed by atoms with E-state index in [0.29, 0.717) is 4.21 Å². The first kappa shape index (κ1) is 20.2. The van der Waals surface area contributed by atoms with Gasteiger partial charge in [0.1, 0.15) is 4.21 Å². The summed E-state index contributed by atoms with van der Waals surface area (Å²) < 4.78 is 27.8. The molecule has 0 spiro atoms. The van der Waals surface area contributed by atoms with Crippen molar-refractivity contribution in [3.63, 3.8) is 0 Å². The average Bonchev–Trinajstić information content (AvgIpc) is 3.17. The van der Waals surface area contributed by atoms with Crippen LogP contribution in [0.15, 0.2) is 50.9 Å². The number of hydrogen-bond donors (Lipinski definition) is 1. The van der Waals surface area contributed by atoms with Crippen LogP contribution in [-0.2, 0) is 10.0 Å². The van der Waals surface area contributed by atoms with Crippen LogP contribution >= 0.6 is 34.7 Å². The zero-order valence-corrected chi connectivity index (χ0v) is 17.6. The van der Waals surface area contributed by atoms with Crippen LogP contribution in [0.1, 0.15) is 19.3 Å². The Morgan fingerprint density at radius 1 is 1.19 bits per heavy atom. The van der Waals surface area contributed by atoms with E-state index in [1.165, 1.54) is 11.3 Å². The lowest BCUT2D eigenvalue weighted by Gasteiger charge is -2.32.